The van der Waals surface area contributed by atoms with Crippen LogP contribution in [0.25, 0.3) is 6.08 Å². The zero-order valence-electron chi connectivity index (χ0n) is 22.6. The maximum atomic E-state index is 13.7. The lowest BCUT2D eigenvalue weighted by atomic mass is 9.99. The van der Waals surface area contributed by atoms with Crippen LogP contribution in [-0.2, 0) is 18.6 Å². The van der Waals surface area contributed by atoms with Gasteiger partial charge in [-0.05, 0) is 69.9 Å². The molecule has 0 spiro atoms. The van der Waals surface area contributed by atoms with Gasteiger partial charge in [0.1, 0.15) is 17.8 Å². The van der Waals surface area contributed by atoms with Gasteiger partial charge in [0.15, 0.2) is 14.1 Å². The van der Waals surface area contributed by atoms with Crippen molar-refractivity contribution in [2.75, 3.05) is 6.61 Å². The largest absolute Gasteiger partial charge is 0.444 e. The summed E-state index contributed by atoms with van der Waals surface area (Å²) in [4.78, 5) is 15.4. The Kier molecular flexibility index (Phi) is 7.19. The Morgan fingerprint density at radius 1 is 1.15 bits per heavy atom. The zero-order valence-corrected chi connectivity index (χ0v) is 23.6. The molecule has 34 heavy (non-hydrogen) atoms. The predicted molar refractivity (Wildman–Crippen MR) is 138 cm³/mol. The summed E-state index contributed by atoms with van der Waals surface area (Å²) >= 11 is 0. The maximum Gasteiger partial charge on any atom is 0.411 e. The van der Waals surface area contributed by atoms with Crippen molar-refractivity contribution in [3.8, 4) is 0 Å². The van der Waals surface area contributed by atoms with Gasteiger partial charge in [-0.25, -0.2) is 4.79 Å². The highest BCUT2D eigenvalue weighted by molar-refractivity contribution is 6.74. The predicted octanol–water partition coefficient (Wildman–Crippen LogP) is 6.53. The lowest BCUT2D eigenvalue weighted by Gasteiger charge is -2.40. The second-order valence-electron chi connectivity index (χ2n) is 12.4. The topological polar surface area (TPSA) is 57.2 Å². The van der Waals surface area contributed by atoms with Crippen LogP contribution >= 0.6 is 0 Å². The number of benzene rings is 1. The summed E-state index contributed by atoms with van der Waals surface area (Å²) in [5.41, 5.74) is 1.32. The van der Waals surface area contributed by atoms with Gasteiger partial charge in [-0.3, -0.25) is 4.90 Å². The van der Waals surface area contributed by atoms with E-state index in [1.807, 2.05) is 58.9 Å². The van der Waals surface area contributed by atoms with E-state index in [-0.39, 0.29) is 35.4 Å². The molecule has 0 aliphatic carbocycles. The van der Waals surface area contributed by atoms with E-state index < -0.39 is 19.7 Å². The zero-order chi connectivity index (χ0) is 25.7. The van der Waals surface area contributed by atoms with Crippen molar-refractivity contribution < 1.29 is 23.4 Å². The number of hydrogen-bond donors (Lipinski definition) is 0. The summed E-state index contributed by atoms with van der Waals surface area (Å²) in [5, 5.41) is 0.0474. The Hall–Kier alpha value is -1.67. The van der Waals surface area contributed by atoms with Gasteiger partial charge in [0.05, 0.1) is 18.7 Å². The van der Waals surface area contributed by atoms with Gasteiger partial charge in [-0.1, -0.05) is 51.6 Å². The van der Waals surface area contributed by atoms with Crippen LogP contribution in [0.2, 0.25) is 18.1 Å². The van der Waals surface area contributed by atoms with Gasteiger partial charge in [0, 0.05) is 0 Å². The molecule has 1 amide bonds. The molecule has 4 atom stereocenters. The monoisotopic (exact) mass is 489 g/mol. The van der Waals surface area contributed by atoms with Gasteiger partial charge in [0.25, 0.3) is 0 Å². The first-order chi connectivity index (χ1) is 15.5. The molecule has 0 saturated carbocycles. The fourth-order valence-electron chi connectivity index (χ4n) is 4.35. The van der Waals surface area contributed by atoms with Gasteiger partial charge in [-0.2, -0.15) is 0 Å². The molecule has 0 N–H and O–H groups in total. The quantitative estimate of drug-likeness (QED) is 0.440. The van der Waals surface area contributed by atoms with Crippen LogP contribution in [0.4, 0.5) is 4.79 Å². The Balaban J connectivity index is 2.06. The Morgan fingerprint density at radius 2 is 1.76 bits per heavy atom. The van der Waals surface area contributed by atoms with E-state index in [0.29, 0.717) is 6.61 Å². The van der Waals surface area contributed by atoms with E-state index in [2.05, 4.69) is 46.5 Å². The van der Waals surface area contributed by atoms with Gasteiger partial charge >= 0.3 is 6.09 Å². The first kappa shape index (κ1) is 26.9. The van der Waals surface area contributed by atoms with Crippen LogP contribution in [0.3, 0.4) is 0 Å². The minimum Gasteiger partial charge on any atom is -0.444 e. The Labute approximate surface area is 206 Å². The van der Waals surface area contributed by atoms with Crippen molar-refractivity contribution in [1.29, 1.82) is 0 Å². The van der Waals surface area contributed by atoms with Gasteiger partial charge in [0.2, 0.25) is 0 Å². The number of hydrogen-bond acceptors (Lipinski definition) is 5. The number of nitrogens with zero attached hydrogens (tertiary/aromatic N) is 1. The molecule has 2 aliphatic heterocycles. The van der Waals surface area contributed by atoms with Crippen LogP contribution in [0.5, 0.6) is 0 Å². The molecule has 2 saturated heterocycles. The number of carbonyl (C=O) groups is 1. The van der Waals surface area contributed by atoms with Gasteiger partial charge < -0.3 is 18.6 Å². The molecular weight excluding hydrogens is 446 g/mol. The standard InChI is InChI=1S/C27H43NO5Si/c1-12-18-14-13-15-19(16-18)21-23-22(31-27(8,9)32-23)20(17-30-34(10,11)26(5,6)7)28(21)24(29)33-25(2,3)4/h12-16,20-23H,1,17H2,2-11H3/t20-,21+,22-,23+/m1/s1. The molecule has 2 heterocycles. The second-order valence-corrected chi connectivity index (χ2v) is 17.2. The lowest BCUT2D eigenvalue weighted by Crippen LogP contribution is -2.50. The average molecular weight is 490 g/mol. The molecule has 6 nitrogen and oxygen atoms in total. The van der Waals surface area contributed by atoms with E-state index in [0.717, 1.165) is 11.1 Å². The highest BCUT2D eigenvalue weighted by Crippen LogP contribution is 2.48. The SMILES string of the molecule is C=Cc1cccc([C@H]2[C@@H]3OC(C)(C)O[C@@H]3[C@@H](CO[Si](C)(C)C(C)(C)C)N2C(=O)OC(C)(C)C)c1. The molecule has 1 aromatic rings. The molecular formula is C27H43NO5Si. The lowest BCUT2D eigenvalue weighted by molar-refractivity contribution is -0.168. The summed E-state index contributed by atoms with van der Waals surface area (Å²) < 4.78 is 25.3. The molecule has 7 heteroatoms. The molecule has 0 bridgehead atoms. The third kappa shape index (κ3) is 5.59. The van der Waals surface area contributed by atoms with Crippen molar-refractivity contribution >= 4 is 20.5 Å². The average Bonchev–Trinajstić information content (AvgIpc) is 3.14. The fourth-order valence-corrected chi connectivity index (χ4v) is 5.37. The molecule has 2 fully saturated rings. The first-order valence-corrected chi connectivity index (χ1v) is 15.1. The Morgan fingerprint density at radius 3 is 2.32 bits per heavy atom. The summed E-state index contributed by atoms with van der Waals surface area (Å²) in [5.74, 6) is -0.751. The first-order valence-electron chi connectivity index (χ1n) is 12.2. The van der Waals surface area contributed by atoms with Crippen molar-refractivity contribution in [2.24, 2.45) is 0 Å². The van der Waals surface area contributed by atoms with Crippen LogP contribution in [0, 0.1) is 0 Å². The number of fused-ring (bicyclic) bond motifs is 1. The molecule has 2 aliphatic rings. The number of likely N-dealkylation sites (tertiary alicyclic amines) is 1. The van der Waals surface area contributed by atoms with Crippen molar-refractivity contribution in [1.82, 2.24) is 4.90 Å². The van der Waals surface area contributed by atoms with Crippen LogP contribution < -0.4 is 0 Å². The van der Waals surface area contributed by atoms with E-state index in [1.54, 1.807) is 4.90 Å². The molecule has 3 rings (SSSR count). The summed E-state index contributed by atoms with van der Waals surface area (Å²) in [7, 11) is -2.07. The van der Waals surface area contributed by atoms with E-state index in [1.165, 1.54) is 0 Å². The van der Waals surface area contributed by atoms with Crippen molar-refractivity contribution in [3.05, 3.63) is 42.0 Å². The number of rotatable bonds is 5. The minimum atomic E-state index is -2.07. The molecule has 0 unspecified atom stereocenters. The summed E-state index contributed by atoms with van der Waals surface area (Å²) in [6, 6.07) is 7.35. The van der Waals surface area contributed by atoms with Gasteiger partial charge in [-0.15, -0.1) is 0 Å². The highest BCUT2D eigenvalue weighted by atomic mass is 28.4. The van der Waals surface area contributed by atoms with E-state index in [4.69, 9.17) is 18.6 Å². The van der Waals surface area contributed by atoms with E-state index in [9.17, 15) is 4.79 Å². The smallest absolute Gasteiger partial charge is 0.411 e. The van der Waals surface area contributed by atoms with Crippen molar-refractivity contribution in [2.45, 2.75) is 109 Å². The normalized spacial score (nSPS) is 26.9. The van der Waals surface area contributed by atoms with Crippen LogP contribution in [0.15, 0.2) is 30.8 Å². The second kappa shape index (κ2) is 9.08. The molecule has 0 radical (unpaired) electrons. The minimum absolute atomic E-state index is 0.0474. The summed E-state index contributed by atoms with van der Waals surface area (Å²) in [6.07, 6.45) is 0.756. The Bertz CT molecular complexity index is 914. The molecule has 1 aromatic carbocycles. The highest BCUT2D eigenvalue weighted by Gasteiger charge is 2.60. The maximum absolute atomic E-state index is 13.7. The molecule has 190 valence electrons. The number of amides is 1. The van der Waals surface area contributed by atoms with Crippen LogP contribution in [0.1, 0.15) is 72.6 Å². The number of ether oxygens (including phenoxy) is 3. The third-order valence-electron chi connectivity index (χ3n) is 7.02. The third-order valence-corrected chi connectivity index (χ3v) is 11.5. The van der Waals surface area contributed by atoms with E-state index >= 15 is 0 Å². The van der Waals surface area contributed by atoms with Crippen LogP contribution in [-0.4, -0.2) is 55.6 Å². The molecule has 0 aromatic heterocycles. The summed E-state index contributed by atoms with van der Waals surface area (Å²) in [6.45, 7) is 24.8. The fraction of sp³-hybridized carbons (Fsp3) is 0.667. The number of carbonyl (C=O) groups excluding carboxylic acids is 1. The van der Waals surface area contributed by atoms with Crippen molar-refractivity contribution in [3.63, 3.8) is 0 Å².